The van der Waals surface area contributed by atoms with Crippen LogP contribution in [0, 0.1) is 5.82 Å². The van der Waals surface area contributed by atoms with Crippen molar-refractivity contribution in [2.45, 2.75) is 38.8 Å². The van der Waals surface area contributed by atoms with Crippen molar-refractivity contribution in [2.75, 3.05) is 13.7 Å². The minimum Gasteiger partial charge on any atom is -0.377 e. The van der Waals surface area contributed by atoms with Gasteiger partial charge in [0.25, 0.3) is 0 Å². The quantitative estimate of drug-likeness (QED) is 0.866. The second-order valence-electron chi connectivity index (χ2n) is 4.86. The maximum atomic E-state index is 13.8. The number of rotatable bonds is 6. The van der Waals surface area contributed by atoms with Crippen LogP contribution in [0.15, 0.2) is 22.7 Å². The molecule has 0 spiro atoms. The minimum absolute atomic E-state index is 0.0724. The Morgan fingerprint density at radius 1 is 1.44 bits per heavy atom. The topological polar surface area (TPSA) is 21.3 Å². The molecule has 102 valence electrons. The normalized spacial score (nSPS) is 13.7. The summed E-state index contributed by atoms with van der Waals surface area (Å²) in [6.07, 6.45) is 0.605. The van der Waals surface area contributed by atoms with Crippen LogP contribution in [0.5, 0.6) is 0 Å². The summed E-state index contributed by atoms with van der Waals surface area (Å²) in [6, 6.07) is 5.25. The highest BCUT2D eigenvalue weighted by Crippen LogP contribution is 2.21. The van der Waals surface area contributed by atoms with E-state index in [0.29, 0.717) is 12.0 Å². The highest BCUT2D eigenvalue weighted by molar-refractivity contribution is 9.10. The largest absolute Gasteiger partial charge is 0.377 e. The van der Waals surface area contributed by atoms with Crippen LogP contribution in [0.4, 0.5) is 4.39 Å². The molecule has 1 rings (SSSR count). The van der Waals surface area contributed by atoms with Crippen molar-refractivity contribution in [3.8, 4) is 0 Å². The van der Waals surface area contributed by atoms with Gasteiger partial charge in [0, 0.05) is 17.6 Å². The molecular weight excluding hydrogens is 297 g/mol. The van der Waals surface area contributed by atoms with E-state index in [-0.39, 0.29) is 17.5 Å². The fourth-order valence-electron chi connectivity index (χ4n) is 1.86. The predicted octanol–water partition coefficient (Wildman–Crippen LogP) is 3.53. The van der Waals surface area contributed by atoms with Gasteiger partial charge in [-0.1, -0.05) is 28.9 Å². The van der Waals surface area contributed by atoms with Crippen molar-refractivity contribution >= 4 is 15.9 Å². The SMILES string of the molecule is CCNC(Cc1ccc(Br)cc1F)C(C)(C)OC. The average molecular weight is 318 g/mol. The number of ether oxygens (including phenoxy) is 1. The summed E-state index contributed by atoms with van der Waals surface area (Å²) < 4.78 is 20.1. The Kier molecular flexibility index (Phi) is 5.76. The van der Waals surface area contributed by atoms with Gasteiger partial charge < -0.3 is 10.1 Å². The molecule has 0 heterocycles. The predicted molar refractivity (Wildman–Crippen MR) is 76.4 cm³/mol. The molecule has 4 heteroatoms. The van der Waals surface area contributed by atoms with Crippen molar-refractivity contribution in [3.63, 3.8) is 0 Å². The number of likely N-dealkylation sites (N-methyl/N-ethyl adjacent to an activating group) is 1. The molecule has 0 aromatic heterocycles. The molecule has 0 amide bonds. The van der Waals surface area contributed by atoms with Gasteiger partial charge in [0.2, 0.25) is 0 Å². The molecule has 1 unspecified atom stereocenters. The lowest BCUT2D eigenvalue weighted by atomic mass is 9.92. The molecule has 0 saturated heterocycles. The summed E-state index contributed by atoms with van der Waals surface area (Å²) >= 11 is 3.27. The van der Waals surface area contributed by atoms with E-state index in [1.54, 1.807) is 7.11 Å². The van der Waals surface area contributed by atoms with Crippen LogP contribution in [-0.4, -0.2) is 25.3 Å². The summed E-state index contributed by atoms with van der Waals surface area (Å²) in [7, 11) is 1.68. The first-order valence-electron chi connectivity index (χ1n) is 6.13. The smallest absolute Gasteiger partial charge is 0.127 e. The number of hydrogen-bond acceptors (Lipinski definition) is 2. The van der Waals surface area contributed by atoms with Crippen molar-refractivity contribution in [3.05, 3.63) is 34.1 Å². The highest BCUT2D eigenvalue weighted by atomic mass is 79.9. The van der Waals surface area contributed by atoms with Crippen LogP contribution in [0.3, 0.4) is 0 Å². The molecule has 0 saturated carbocycles. The number of methoxy groups -OCH3 is 1. The van der Waals surface area contributed by atoms with E-state index in [9.17, 15) is 4.39 Å². The third kappa shape index (κ3) is 4.04. The minimum atomic E-state index is -0.338. The third-order valence-corrected chi connectivity index (χ3v) is 3.75. The fourth-order valence-corrected chi connectivity index (χ4v) is 2.19. The summed E-state index contributed by atoms with van der Waals surface area (Å²) in [6.45, 7) is 6.89. The van der Waals surface area contributed by atoms with Gasteiger partial charge in [-0.05, 0) is 44.5 Å². The molecule has 0 aliphatic rings. The third-order valence-electron chi connectivity index (χ3n) is 3.25. The molecule has 2 nitrogen and oxygen atoms in total. The molecule has 0 radical (unpaired) electrons. The van der Waals surface area contributed by atoms with E-state index in [4.69, 9.17) is 4.74 Å². The molecule has 0 aliphatic heterocycles. The zero-order chi connectivity index (χ0) is 13.8. The summed E-state index contributed by atoms with van der Waals surface area (Å²) in [5, 5.41) is 3.36. The second kappa shape index (κ2) is 6.64. The van der Waals surface area contributed by atoms with Gasteiger partial charge in [0.05, 0.1) is 5.60 Å². The Balaban J connectivity index is 2.89. The van der Waals surface area contributed by atoms with E-state index >= 15 is 0 Å². The summed E-state index contributed by atoms with van der Waals surface area (Å²) in [5.41, 5.74) is 0.365. The Bertz CT molecular complexity index is 395. The van der Waals surface area contributed by atoms with Crippen LogP contribution < -0.4 is 5.32 Å². The van der Waals surface area contributed by atoms with Crippen LogP contribution in [0.2, 0.25) is 0 Å². The number of halogens is 2. The number of hydrogen-bond donors (Lipinski definition) is 1. The highest BCUT2D eigenvalue weighted by Gasteiger charge is 2.29. The molecule has 0 bridgehead atoms. The van der Waals surface area contributed by atoms with Crippen LogP contribution in [0.25, 0.3) is 0 Å². The zero-order valence-corrected chi connectivity index (χ0v) is 13.0. The van der Waals surface area contributed by atoms with Gasteiger partial charge in [-0.3, -0.25) is 0 Å². The first-order chi connectivity index (χ1) is 8.40. The standard InChI is InChI=1S/C14H21BrFNO/c1-5-17-13(14(2,3)18-4)8-10-6-7-11(15)9-12(10)16/h6-7,9,13,17H,5,8H2,1-4H3. The van der Waals surface area contributed by atoms with Crippen molar-refractivity contribution in [2.24, 2.45) is 0 Å². The van der Waals surface area contributed by atoms with Gasteiger partial charge in [0.15, 0.2) is 0 Å². The molecule has 1 aromatic rings. The van der Waals surface area contributed by atoms with Gasteiger partial charge in [-0.2, -0.15) is 0 Å². The van der Waals surface area contributed by atoms with E-state index in [2.05, 4.69) is 21.2 Å². The van der Waals surface area contributed by atoms with Gasteiger partial charge in [-0.25, -0.2) is 4.39 Å². The molecule has 1 N–H and O–H groups in total. The van der Waals surface area contributed by atoms with E-state index in [1.807, 2.05) is 32.9 Å². The van der Waals surface area contributed by atoms with Crippen molar-refractivity contribution in [1.29, 1.82) is 0 Å². The first kappa shape index (κ1) is 15.6. The Hall–Kier alpha value is -0.450. The Morgan fingerprint density at radius 2 is 2.11 bits per heavy atom. The van der Waals surface area contributed by atoms with Gasteiger partial charge in [-0.15, -0.1) is 0 Å². The van der Waals surface area contributed by atoms with Crippen LogP contribution in [-0.2, 0) is 11.2 Å². The van der Waals surface area contributed by atoms with Gasteiger partial charge >= 0.3 is 0 Å². The Morgan fingerprint density at radius 3 is 2.61 bits per heavy atom. The van der Waals surface area contributed by atoms with Crippen LogP contribution >= 0.6 is 15.9 Å². The number of nitrogens with one attached hydrogen (secondary N) is 1. The zero-order valence-electron chi connectivity index (χ0n) is 11.4. The van der Waals surface area contributed by atoms with Crippen LogP contribution in [0.1, 0.15) is 26.3 Å². The van der Waals surface area contributed by atoms with Gasteiger partial charge in [0.1, 0.15) is 5.82 Å². The second-order valence-corrected chi connectivity index (χ2v) is 5.77. The fraction of sp³-hybridized carbons (Fsp3) is 0.571. The lowest BCUT2D eigenvalue weighted by Gasteiger charge is -2.34. The molecule has 18 heavy (non-hydrogen) atoms. The maximum absolute atomic E-state index is 13.8. The molecule has 1 aromatic carbocycles. The molecular formula is C14H21BrFNO. The maximum Gasteiger partial charge on any atom is 0.127 e. The summed E-state index contributed by atoms with van der Waals surface area (Å²) in [4.78, 5) is 0. The Labute approximate surface area is 117 Å². The lowest BCUT2D eigenvalue weighted by Crippen LogP contribution is -2.49. The van der Waals surface area contributed by atoms with E-state index in [0.717, 1.165) is 11.0 Å². The average Bonchev–Trinajstić information content (AvgIpc) is 2.31. The monoisotopic (exact) mass is 317 g/mol. The van der Waals surface area contributed by atoms with E-state index < -0.39 is 0 Å². The summed E-state index contributed by atoms with van der Waals surface area (Å²) in [5.74, 6) is -0.181. The molecule has 1 atom stereocenters. The van der Waals surface area contributed by atoms with Crippen molar-refractivity contribution < 1.29 is 9.13 Å². The number of benzene rings is 1. The first-order valence-corrected chi connectivity index (χ1v) is 6.92. The molecule has 0 fully saturated rings. The lowest BCUT2D eigenvalue weighted by molar-refractivity contribution is -0.00978. The molecule has 0 aliphatic carbocycles. The van der Waals surface area contributed by atoms with Crippen molar-refractivity contribution in [1.82, 2.24) is 5.32 Å². The van der Waals surface area contributed by atoms with E-state index in [1.165, 1.54) is 6.07 Å².